The quantitative estimate of drug-likeness (QED) is 0.451. The van der Waals surface area contributed by atoms with Gasteiger partial charge in [0, 0.05) is 63.8 Å². The molecule has 0 spiro atoms. The van der Waals surface area contributed by atoms with Crippen molar-refractivity contribution in [3.63, 3.8) is 0 Å². The molecule has 2 N–H and O–H groups in total. The van der Waals surface area contributed by atoms with Crippen molar-refractivity contribution >= 4 is 17.7 Å². The number of pyridine rings is 1. The van der Waals surface area contributed by atoms with Crippen LogP contribution >= 0.6 is 11.8 Å². The zero-order chi connectivity index (χ0) is 25.2. The summed E-state index contributed by atoms with van der Waals surface area (Å²) >= 11 is 1.19. The van der Waals surface area contributed by atoms with Gasteiger partial charge < -0.3 is 20.2 Å². The van der Waals surface area contributed by atoms with Gasteiger partial charge in [0.2, 0.25) is 0 Å². The smallest absolute Gasteiger partial charge is 0.354 e. The Labute approximate surface area is 218 Å². The van der Waals surface area contributed by atoms with Crippen LogP contribution in [0.1, 0.15) is 28.2 Å². The third-order valence-electron chi connectivity index (χ3n) is 6.95. The third-order valence-corrected chi connectivity index (χ3v) is 7.55. The summed E-state index contributed by atoms with van der Waals surface area (Å²) in [5, 5.41) is 24.1. The molecule has 1 aromatic carbocycles. The molecule has 2 aromatic rings. The molecule has 3 atom stereocenters. The minimum atomic E-state index is -0.987. The van der Waals surface area contributed by atoms with E-state index in [1.54, 1.807) is 12.1 Å². The average Bonchev–Trinajstić information content (AvgIpc) is 2.88. The van der Waals surface area contributed by atoms with Gasteiger partial charge >= 0.3 is 5.97 Å². The maximum Gasteiger partial charge on any atom is 0.354 e. The van der Waals surface area contributed by atoms with Crippen LogP contribution in [0.3, 0.4) is 0 Å². The Morgan fingerprint density at radius 2 is 1.83 bits per heavy atom. The number of nitrogens with zero attached hydrogens (tertiary/aromatic N) is 5. The van der Waals surface area contributed by atoms with Crippen LogP contribution in [-0.2, 0) is 13.0 Å². The third kappa shape index (κ3) is 8.29. The number of benzene rings is 1. The maximum absolute atomic E-state index is 11.5. The highest BCUT2D eigenvalue weighted by Gasteiger charge is 2.23. The van der Waals surface area contributed by atoms with Gasteiger partial charge in [0.25, 0.3) is 0 Å². The minimum Gasteiger partial charge on any atom is -0.477 e. The number of rotatable bonds is 6. The number of hydrogen-bond acceptors (Lipinski definition) is 8. The van der Waals surface area contributed by atoms with E-state index in [-0.39, 0.29) is 5.69 Å². The van der Waals surface area contributed by atoms with E-state index in [0.29, 0.717) is 12.5 Å². The molecule has 3 heterocycles. The van der Waals surface area contributed by atoms with Crippen molar-refractivity contribution in [3.05, 3.63) is 59.4 Å². The first-order valence-corrected chi connectivity index (χ1v) is 13.6. The second kappa shape index (κ2) is 13.7. The molecule has 2 aliphatic rings. The molecule has 1 aromatic heterocycles. The number of aromatic nitrogens is 1. The predicted octanol–water partition coefficient (Wildman–Crippen LogP) is 2.62. The molecule has 8 nitrogen and oxygen atoms in total. The van der Waals surface area contributed by atoms with E-state index in [4.69, 9.17) is 5.26 Å². The molecule has 2 fully saturated rings. The van der Waals surface area contributed by atoms with Crippen molar-refractivity contribution in [3.8, 4) is 5.40 Å². The first-order chi connectivity index (χ1) is 17.6. The summed E-state index contributed by atoms with van der Waals surface area (Å²) in [5.74, 6) is -0.560. The van der Waals surface area contributed by atoms with Gasteiger partial charge in [-0.05, 0) is 73.4 Å². The number of thiocyanates is 1. The zero-order valence-corrected chi connectivity index (χ0v) is 21.6. The Kier molecular flexibility index (Phi) is 10.1. The van der Waals surface area contributed by atoms with Crippen molar-refractivity contribution in [2.45, 2.75) is 24.3 Å². The summed E-state index contributed by atoms with van der Waals surface area (Å²) in [6, 6.07) is 13.6. The topological polar surface area (TPSA) is 95.7 Å². The number of aromatic carboxylic acids is 1. The van der Waals surface area contributed by atoms with Crippen LogP contribution < -0.4 is 5.32 Å². The SMILES string of the molecule is N#CSc1ccc(CC2CN3CCNCCCN(CC3)CCN(Cc3cccc(C(=O)O)n3)C2)cc1. The molecule has 0 aliphatic carbocycles. The number of hydrogen-bond donors (Lipinski definition) is 2. The zero-order valence-electron chi connectivity index (χ0n) is 20.8. The van der Waals surface area contributed by atoms with E-state index in [0.717, 1.165) is 88.9 Å². The van der Waals surface area contributed by atoms with Crippen LogP contribution in [0, 0.1) is 16.6 Å². The van der Waals surface area contributed by atoms with E-state index in [1.807, 2.05) is 18.2 Å². The molecule has 0 saturated carbocycles. The first kappa shape index (κ1) is 26.6. The lowest BCUT2D eigenvalue weighted by Gasteiger charge is -2.37. The van der Waals surface area contributed by atoms with Crippen LogP contribution in [0.4, 0.5) is 0 Å². The van der Waals surface area contributed by atoms with Crippen LogP contribution in [0.15, 0.2) is 47.4 Å². The number of nitriles is 1. The fourth-order valence-corrected chi connectivity index (χ4v) is 5.51. The van der Waals surface area contributed by atoms with Crippen LogP contribution in [-0.4, -0.2) is 96.2 Å². The molecular formula is C27H36N6O2S. The van der Waals surface area contributed by atoms with E-state index in [1.165, 1.54) is 17.3 Å². The van der Waals surface area contributed by atoms with Gasteiger partial charge in [-0.3, -0.25) is 4.90 Å². The number of fused-ring (bicyclic) bond motifs is 3. The van der Waals surface area contributed by atoms with Gasteiger partial charge in [0.05, 0.1) is 5.69 Å². The molecule has 192 valence electrons. The van der Waals surface area contributed by atoms with Gasteiger partial charge in [-0.15, -0.1) is 0 Å². The average molecular weight is 509 g/mol. The molecule has 36 heavy (non-hydrogen) atoms. The lowest BCUT2D eigenvalue weighted by atomic mass is 9.97. The van der Waals surface area contributed by atoms with Gasteiger partial charge in [0.15, 0.2) is 0 Å². The molecular weight excluding hydrogens is 472 g/mol. The lowest BCUT2D eigenvalue weighted by Crippen LogP contribution is -2.48. The highest BCUT2D eigenvalue weighted by Crippen LogP contribution is 2.20. The fourth-order valence-electron chi connectivity index (χ4n) is 5.13. The van der Waals surface area contributed by atoms with Crippen molar-refractivity contribution in [1.82, 2.24) is 25.0 Å². The van der Waals surface area contributed by atoms with Crippen molar-refractivity contribution in [1.29, 1.82) is 5.26 Å². The summed E-state index contributed by atoms with van der Waals surface area (Å²) < 4.78 is 0. The van der Waals surface area contributed by atoms with Crippen LogP contribution in [0.25, 0.3) is 0 Å². The van der Waals surface area contributed by atoms with Crippen molar-refractivity contribution in [2.24, 2.45) is 5.92 Å². The summed E-state index contributed by atoms with van der Waals surface area (Å²) in [6.07, 6.45) is 2.12. The number of carboxylic acids is 1. The number of carbonyl (C=O) groups is 1. The van der Waals surface area contributed by atoms with Crippen molar-refractivity contribution in [2.75, 3.05) is 65.4 Å². The molecule has 2 aliphatic heterocycles. The van der Waals surface area contributed by atoms with Gasteiger partial charge in [-0.2, -0.15) is 5.26 Å². The summed E-state index contributed by atoms with van der Waals surface area (Å²) in [5.41, 5.74) is 2.19. The molecule has 4 rings (SSSR count). The molecule has 2 bridgehead atoms. The maximum atomic E-state index is 11.5. The predicted molar refractivity (Wildman–Crippen MR) is 142 cm³/mol. The van der Waals surface area contributed by atoms with Gasteiger partial charge in [0.1, 0.15) is 11.1 Å². The van der Waals surface area contributed by atoms with E-state index in [2.05, 4.69) is 42.5 Å². The highest BCUT2D eigenvalue weighted by atomic mass is 32.2. The summed E-state index contributed by atoms with van der Waals surface area (Å²) in [7, 11) is 0. The van der Waals surface area contributed by atoms with E-state index >= 15 is 0 Å². The first-order valence-electron chi connectivity index (χ1n) is 12.8. The Bertz CT molecular complexity index is 1030. The fraction of sp³-hybridized carbons (Fsp3) is 0.519. The second-order valence-electron chi connectivity index (χ2n) is 9.71. The second-order valence-corrected chi connectivity index (χ2v) is 10.6. The minimum absolute atomic E-state index is 0.0999. The molecule has 2 saturated heterocycles. The monoisotopic (exact) mass is 508 g/mol. The van der Waals surface area contributed by atoms with Gasteiger partial charge in [-0.25, -0.2) is 9.78 Å². The molecule has 9 heteroatoms. The normalized spacial score (nSPS) is 24.0. The molecule has 0 radical (unpaired) electrons. The van der Waals surface area contributed by atoms with Crippen LogP contribution in [0.5, 0.6) is 0 Å². The van der Waals surface area contributed by atoms with E-state index < -0.39 is 5.97 Å². The lowest BCUT2D eigenvalue weighted by molar-refractivity contribution is 0.0689. The largest absolute Gasteiger partial charge is 0.477 e. The summed E-state index contributed by atoms with van der Waals surface area (Å²) in [6.45, 7) is 10.9. The Balaban J connectivity index is 1.54. The Hall–Kier alpha value is -2.48. The number of thioether (sulfide) groups is 1. The summed E-state index contributed by atoms with van der Waals surface area (Å²) in [4.78, 5) is 24.5. The van der Waals surface area contributed by atoms with Crippen molar-refractivity contribution < 1.29 is 9.90 Å². The van der Waals surface area contributed by atoms with Gasteiger partial charge in [-0.1, -0.05) is 18.2 Å². The Morgan fingerprint density at radius 1 is 1.03 bits per heavy atom. The molecule has 0 amide bonds. The standard InChI is InChI=1S/C27H36N6O2S/c28-21-36-25-7-5-22(6-8-25)17-23-18-32-12-10-29-9-2-11-31(13-15-32)14-16-33(19-23)20-24-3-1-4-26(30-24)27(34)35/h1,3-8,23,29H,2,9-20H2,(H,34,35). The van der Waals surface area contributed by atoms with Crippen LogP contribution in [0.2, 0.25) is 0 Å². The highest BCUT2D eigenvalue weighted by molar-refractivity contribution is 8.03. The number of nitrogens with one attached hydrogen (secondary N) is 1. The number of carboxylic acid groups (broad SMARTS) is 1. The molecule has 3 unspecified atom stereocenters. The Morgan fingerprint density at radius 3 is 2.64 bits per heavy atom. The van der Waals surface area contributed by atoms with E-state index in [9.17, 15) is 9.90 Å².